The minimum atomic E-state index is -0.536. The van der Waals surface area contributed by atoms with Gasteiger partial charge in [0.15, 0.2) is 12.2 Å². The van der Waals surface area contributed by atoms with Crippen LogP contribution in [-0.4, -0.2) is 116 Å². The molecule has 0 aliphatic carbocycles. The number of aromatic amines is 2. The summed E-state index contributed by atoms with van der Waals surface area (Å²) in [6, 6.07) is 23.5. The van der Waals surface area contributed by atoms with E-state index in [2.05, 4.69) is 39.7 Å². The standard InChI is InChI=1S/2C25H22ClN5O2/c2*26-17-12-16-13-22(25(32)31-10-8-30(9-11-31)18-2-1-5-27-15-18)33-23(16)21(14-17)19-3-6-28-24-20(19)4-7-29-24/h2*1-7,12,14-15,22H,8-11,13H2,(H,28,29)/t2*22-/m10/s1. The van der Waals surface area contributed by atoms with Crippen molar-refractivity contribution in [2.45, 2.75) is 25.0 Å². The fraction of sp³-hybridized carbons (Fsp3) is 0.240. The predicted molar refractivity (Wildman–Crippen MR) is 255 cm³/mol. The van der Waals surface area contributed by atoms with Crippen molar-refractivity contribution in [3.8, 4) is 33.8 Å². The molecule has 4 aliphatic rings. The molecular weight excluding hydrogens is 876 g/mol. The van der Waals surface area contributed by atoms with Crippen molar-refractivity contribution in [3.05, 3.63) is 144 Å². The van der Waals surface area contributed by atoms with Gasteiger partial charge in [0.2, 0.25) is 0 Å². The number of hydrogen-bond donors (Lipinski definition) is 2. The summed E-state index contributed by atoms with van der Waals surface area (Å²) >= 11 is 12.9. The number of pyridine rings is 4. The van der Waals surface area contributed by atoms with Gasteiger partial charge in [-0.25, -0.2) is 9.97 Å². The average Bonchev–Trinajstić information content (AvgIpc) is 4.21. The number of hydrogen-bond acceptors (Lipinski definition) is 10. The number of carbonyl (C=O) groups is 2. The highest BCUT2D eigenvalue weighted by Gasteiger charge is 2.37. The number of H-pyrrole nitrogens is 2. The van der Waals surface area contributed by atoms with Crippen molar-refractivity contribution in [2.24, 2.45) is 0 Å². The molecule has 0 unspecified atom stereocenters. The first kappa shape index (κ1) is 41.5. The lowest BCUT2D eigenvalue weighted by Crippen LogP contribution is -2.52. The zero-order valence-electron chi connectivity index (χ0n) is 35.7. The minimum Gasteiger partial charge on any atom is -0.479 e. The summed E-state index contributed by atoms with van der Waals surface area (Å²) in [5.41, 5.74) is 9.45. The van der Waals surface area contributed by atoms with Crippen LogP contribution in [0.1, 0.15) is 11.1 Å². The molecule has 10 heterocycles. The molecule has 2 N–H and O–H groups in total. The molecule has 0 radical (unpaired) electrons. The van der Waals surface area contributed by atoms with Crippen molar-refractivity contribution < 1.29 is 19.1 Å². The van der Waals surface area contributed by atoms with Crippen LogP contribution in [0.3, 0.4) is 0 Å². The molecule has 2 fully saturated rings. The number of aromatic nitrogens is 6. The number of carbonyl (C=O) groups excluding carboxylic acids is 2. The second-order valence-electron chi connectivity index (χ2n) is 16.7. The van der Waals surface area contributed by atoms with E-state index in [9.17, 15) is 9.59 Å². The Bertz CT molecular complexity index is 2870. The van der Waals surface area contributed by atoms with Gasteiger partial charge in [0, 0.05) is 145 Å². The molecule has 2 atom stereocenters. The Hall–Kier alpha value is -7.16. The molecule has 6 aromatic heterocycles. The lowest BCUT2D eigenvalue weighted by atomic mass is 9.99. The maximum atomic E-state index is 13.3. The van der Waals surface area contributed by atoms with Gasteiger partial charge in [0.05, 0.1) is 23.8 Å². The van der Waals surface area contributed by atoms with E-state index < -0.39 is 12.2 Å². The first-order valence-electron chi connectivity index (χ1n) is 22.1. The van der Waals surface area contributed by atoms with E-state index in [0.717, 1.165) is 105 Å². The Labute approximate surface area is 390 Å². The summed E-state index contributed by atoms with van der Waals surface area (Å²) in [5.74, 6) is 1.53. The summed E-state index contributed by atoms with van der Waals surface area (Å²) in [6.07, 6.45) is 14.5. The molecule has 0 saturated carbocycles. The van der Waals surface area contributed by atoms with Gasteiger partial charge in [0.25, 0.3) is 11.8 Å². The number of fused-ring (bicyclic) bond motifs is 4. The highest BCUT2D eigenvalue weighted by molar-refractivity contribution is 6.31. The average molecular weight is 920 g/mol. The van der Waals surface area contributed by atoms with Crippen LogP contribution in [0.15, 0.2) is 122 Å². The summed E-state index contributed by atoms with van der Waals surface area (Å²) in [6.45, 7) is 5.73. The molecule has 0 bridgehead atoms. The van der Waals surface area contributed by atoms with E-state index in [0.29, 0.717) is 49.1 Å². The highest BCUT2D eigenvalue weighted by Crippen LogP contribution is 2.45. The van der Waals surface area contributed by atoms with Crippen LogP contribution in [0.5, 0.6) is 11.5 Å². The second-order valence-corrected chi connectivity index (χ2v) is 17.6. The van der Waals surface area contributed by atoms with Gasteiger partial charge in [0.1, 0.15) is 22.8 Å². The van der Waals surface area contributed by atoms with Crippen LogP contribution >= 0.6 is 23.2 Å². The highest BCUT2D eigenvalue weighted by atomic mass is 35.5. The van der Waals surface area contributed by atoms with Crippen molar-refractivity contribution in [2.75, 3.05) is 62.2 Å². The molecule has 2 aromatic carbocycles. The fourth-order valence-electron chi connectivity index (χ4n) is 9.58. The van der Waals surface area contributed by atoms with Gasteiger partial charge >= 0.3 is 0 Å². The largest absolute Gasteiger partial charge is 0.479 e. The van der Waals surface area contributed by atoms with Crippen LogP contribution in [0.25, 0.3) is 44.3 Å². The number of rotatable bonds is 6. The minimum absolute atomic E-state index is 0.0284. The van der Waals surface area contributed by atoms with E-state index in [4.69, 9.17) is 32.7 Å². The van der Waals surface area contributed by atoms with Gasteiger partial charge in [-0.05, 0) is 83.9 Å². The topological polar surface area (TPSA) is 149 Å². The normalized spacial score (nSPS) is 17.8. The number of piperazine rings is 2. The van der Waals surface area contributed by atoms with Crippen LogP contribution in [0.2, 0.25) is 10.0 Å². The molecule has 2 amide bonds. The van der Waals surface area contributed by atoms with Crippen LogP contribution in [0, 0.1) is 0 Å². The summed E-state index contributed by atoms with van der Waals surface area (Å²) in [5, 5.41) is 3.25. The van der Waals surface area contributed by atoms with E-state index in [1.807, 2.05) is 107 Å². The third kappa shape index (κ3) is 8.00. The molecule has 2 saturated heterocycles. The molecular formula is C50H44Cl2N10O4. The van der Waals surface area contributed by atoms with Crippen molar-refractivity contribution in [1.29, 1.82) is 0 Å². The Kier molecular flexibility index (Phi) is 11.1. The molecule has 14 nitrogen and oxygen atoms in total. The number of nitrogens with zero attached hydrogens (tertiary/aromatic N) is 8. The second kappa shape index (κ2) is 17.7. The van der Waals surface area contributed by atoms with E-state index >= 15 is 0 Å². The first-order valence-corrected chi connectivity index (χ1v) is 22.8. The lowest BCUT2D eigenvalue weighted by molar-refractivity contribution is -0.138. The van der Waals surface area contributed by atoms with E-state index in [1.54, 1.807) is 24.8 Å². The molecule has 8 aromatic rings. The number of anilines is 2. The fourth-order valence-corrected chi connectivity index (χ4v) is 10.1. The maximum Gasteiger partial charge on any atom is 0.264 e. The Morgan fingerprint density at radius 1 is 0.545 bits per heavy atom. The predicted octanol–water partition coefficient (Wildman–Crippen LogP) is 7.86. The monoisotopic (exact) mass is 918 g/mol. The van der Waals surface area contributed by atoms with Crippen molar-refractivity contribution >= 4 is 68.5 Å². The summed E-state index contributed by atoms with van der Waals surface area (Å²) in [4.78, 5) is 58.4. The molecule has 16 heteroatoms. The molecule has 332 valence electrons. The molecule has 4 aliphatic heterocycles. The third-order valence-electron chi connectivity index (χ3n) is 12.8. The van der Waals surface area contributed by atoms with E-state index in [-0.39, 0.29) is 11.8 Å². The number of ether oxygens (including phenoxy) is 2. The summed E-state index contributed by atoms with van der Waals surface area (Å²) < 4.78 is 12.6. The van der Waals surface area contributed by atoms with Crippen molar-refractivity contribution in [3.63, 3.8) is 0 Å². The Balaban J connectivity index is 0.000000146. The molecule has 0 spiro atoms. The molecule has 12 rings (SSSR count). The van der Waals surface area contributed by atoms with Gasteiger partial charge in [-0.15, -0.1) is 0 Å². The third-order valence-corrected chi connectivity index (χ3v) is 13.3. The summed E-state index contributed by atoms with van der Waals surface area (Å²) in [7, 11) is 0. The van der Waals surface area contributed by atoms with E-state index in [1.165, 1.54) is 0 Å². The SMILES string of the molecule is O=C([C@@H]1Cc2cc(Cl)cc(-c3ccnc4[nH]ccc34)c2O1)N1CCN(c2cccnc2)CC1.O=C([C@H]1Cc2cc(Cl)cc(-c3ccnc4[nH]ccc34)c2O1)N1CCN(c2cccnc2)CC1. The van der Waals surface area contributed by atoms with Gasteiger partial charge in [-0.1, -0.05) is 23.2 Å². The number of halogens is 2. The Morgan fingerprint density at radius 3 is 1.39 bits per heavy atom. The lowest BCUT2D eigenvalue weighted by Gasteiger charge is -2.36. The number of benzene rings is 2. The Morgan fingerprint density at radius 2 is 0.985 bits per heavy atom. The zero-order valence-corrected chi connectivity index (χ0v) is 37.3. The van der Waals surface area contributed by atoms with Crippen LogP contribution < -0.4 is 19.3 Å². The van der Waals surface area contributed by atoms with Gasteiger partial charge < -0.3 is 39.0 Å². The van der Waals surface area contributed by atoms with Gasteiger partial charge in [-0.3, -0.25) is 19.6 Å². The quantitative estimate of drug-likeness (QED) is 0.169. The van der Waals surface area contributed by atoms with Crippen LogP contribution in [-0.2, 0) is 22.4 Å². The molecule has 66 heavy (non-hydrogen) atoms. The number of nitrogens with one attached hydrogen (secondary N) is 2. The first-order chi connectivity index (χ1) is 32.3. The maximum absolute atomic E-state index is 13.3. The smallest absolute Gasteiger partial charge is 0.264 e. The van der Waals surface area contributed by atoms with Gasteiger partial charge in [-0.2, -0.15) is 0 Å². The van der Waals surface area contributed by atoms with Crippen LogP contribution in [0.4, 0.5) is 11.4 Å². The number of amides is 2. The zero-order chi connectivity index (χ0) is 44.7. The van der Waals surface area contributed by atoms with Crippen molar-refractivity contribution in [1.82, 2.24) is 39.7 Å².